The normalized spacial score (nSPS) is 0. The standard InChI is InChI=1S/Al.Ca.Fe.Na.6H. The minimum absolute atomic E-state index is 0. The Kier molecular flexibility index (Phi) is 108. The van der Waals surface area contributed by atoms with Crippen LogP contribution in [0.15, 0.2) is 0 Å². The first-order valence-corrected chi connectivity index (χ1v) is 0. The van der Waals surface area contributed by atoms with Gasteiger partial charge in [-0.15, -0.1) is 0 Å². The topological polar surface area (TPSA) is 0 Å². The average molecular weight is 152 g/mol. The van der Waals surface area contributed by atoms with Crippen LogP contribution in [-0.4, -0.2) is 84.7 Å². The van der Waals surface area contributed by atoms with Gasteiger partial charge in [-0.3, -0.25) is 0 Å². The molecule has 0 heterocycles. The van der Waals surface area contributed by atoms with Gasteiger partial charge in [-0.1, -0.05) is 0 Å². The molecule has 0 aliphatic rings. The van der Waals surface area contributed by atoms with Crippen LogP contribution in [0.5, 0.6) is 0 Å². The molecule has 0 aromatic carbocycles. The molecule has 20 valence electrons. The molecule has 0 aliphatic heterocycles. The van der Waals surface area contributed by atoms with E-state index in [0.29, 0.717) is 0 Å². The summed E-state index contributed by atoms with van der Waals surface area (Å²) in [6.45, 7) is 0. The van der Waals surface area contributed by atoms with Crippen molar-refractivity contribution < 1.29 is 17.1 Å². The Hall–Kier alpha value is 3.31. The molecule has 0 bridgehead atoms. The SMILES string of the molecule is [AlH3].[CaH2].[Fe].[NaH]. The summed E-state index contributed by atoms with van der Waals surface area (Å²) in [6, 6.07) is 0. The fourth-order valence-electron chi connectivity index (χ4n) is 0. The number of hydrogen-bond donors (Lipinski definition) is 0. The van der Waals surface area contributed by atoms with Crippen molar-refractivity contribution in [3.8, 4) is 0 Å². The molecule has 0 aliphatic carbocycles. The van der Waals surface area contributed by atoms with Crippen LogP contribution in [0.1, 0.15) is 0 Å². The number of rotatable bonds is 0. The third-order valence-corrected chi connectivity index (χ3v) is 0. The predicted molar refractivity (Wildman–Crippen MR) is 25.6 cm³/mol. The second-order valence-electron chi connectivity index (χ2n) is 0. The van der Waals surface area contributed by atoms with Crippen molar-refractivity contribution in [2.24, 2.45) is 0 Å². The molecule has 0 amide bonds. The van der Waals surface area contributed by atoms with Crippen LogP contribution in [0.3, 0.4) is 0 Å². The van der Waals surface area contributed by atoms with Crippen LogP contribution in [-0.2, 0) is 17.1 Å². The van der Waals surface area contributed by atoms with Gasteiger partial charge >= 0.3 is 67.3 Å². The van der Waals surface area contributed by atoms with Crippen LogP contribution >= 0.6 is 0 Å². The summed E-state index contributed by atoms with van der Waals surface area (Å²) in [4.78, 5) is 0. The first-order valence-electron chi connectivity index (χ1n) is 0. The third-order valence-electron chi connectivity index (χ3n) is 0. The zero-order chi connectivity index (χ0) is 0. The van der Waals surface area contributed by atoms with Crippen LogP contribution in [0.25, 0.3) is 0 Å². The molecule has 0 rings (SSSR count). The molecule has 4 heavy (non-hydrogen) atoms. The first kappa shape index (κ1) is 26.6. The summed E-state index contributed by atoms with van der Waals surface area (Å²) in [6.07, 6.45) is 0. The summed E-state index contributed by atoms with van der Waals surface area (Å²) in [5.41, 5.74) is 0. The zero-order valence-corrected chi connectivity index (χ0v) is 1.46. The van der Waals surface area contributed by atoms with E-state index >= 15 is 0 Å². The molecular formula is H6AlCaFeNa. The minimum atomic E-state index is 0. The van der Waals surface area contributed by atoms with Gasteiger partial charge in [0.25, 0.3) is 0 Å². The Morgan fingerprint density at radius 2 is 1.00 bits per heavy atom. The molecule has 0 spiro atoms. The fraction of sp³-hybridized carbons (Fsp3) is 0. The van der Waals surface area contributed by atoms with Crippen molar-refractivity contribution in [3.63, 3.8) is 0 Å². The van der Waals surface area contributed by atoms with E-state index < -0.39 is 0 Å². The molecule has 0 saturated carbocycles. The Balaban J connectivity index is 0. The summed E-state index contributed by atoms with van der Waals surface area (Å²) >= 11 is 0. The Labute approximate surface area is 99.4 Å². The van der Waals surface area contributed by atoms with Gasteiger partial charge in [-0.2, -0.15) is 0 Å². The number of hydrogen-bond acceptors (Lipinski definition) is 0. The van der Waals surface area contributed by atoms with Gasteiger partial charge in [0.05, 0.1) is 0 Å². The maximum atomic E-state index is 0. The van der Waals surface area contributed by atoms with Gasteiger partial charge < -0.3 is 0 Å². The van der Waals surface area contributed by atoms with Gasteiger partial charge in [0, 0.05) is 17.1 Å². The van der Waals surface area contributed by atoms with Crippen LogP contribution in [0.4, 0.5) is 0 Å². The van der Waals surface area contributed by atoms with Gasteiger partial charge in [0.15, 0.2) is 17.4 Å². The van der Waals surface area contributed by atoms with E-state index in [1.807, 2.05) is 0 Å². The van der Waals surface area contributed by atoms with Gasteiger partial charge in [-0.25, -0.2) is 0 Å². The van der Waals surface area contributed by atoms with Gasteiger partial charge in [-0.05, 0) is 0 Å². The fourth-order valence-corrected chi connectivity index (χ4v) is 0. The van der Waals surface area contributed by atoms with E-state index in [0.717, 1.165) is 0 Å². The van der Waals surface area contributed by atoms with E-state index in [-0.39, 0.29) is 102 Å². The van der Waals surface area contributed by atoms with Crippen molar-refractivity contribution in [2.75, 3.05) is 0 Å². The molecule has 0 aromatic heterocycles. The van der Waals surface area contributed by atoms with E-state index in [1.54, 1.807) is 0 Å². The van der Waals surface area contributed by atoms with Gasteiger partial charge in [0.2, 0.25) is 0 Å². The van der Waals surface area contributed by atoms with Crippen molar-refractivity contribution >= 4 is 84.7 Å². The average Bonchev–Trinajstić information content (AvgIpc) is 0. The molecule has 0 radical (unpaired) electrons. The zero-order valence-electron chi connectivity index (χ0n) is 0.354. The molecule has 0 N–H and O–H groups in total. The summed E-state index contributed by atoms with van der Waals surface area (Å²) in [5, 5.41) is 0. The third kappa shape index (κ3) is 9.00. The molecular weight excluding hydrogens is 146 g/mol. The predicted octanol–water partition coefficient (Wildman–Crippen LogP) is -2.75. The second-order valence-corrected chi connectivity index (χ2v) is 0. The molecule has 0 atom stereocenters. The van der Waals surface area contributed by atoms with Gasteiger partial charge in [0.1, 0.15) is 0 Å². The van der Waals surface area contributed by atoms with Crippen LogP contribution in [0, 0.1) is 0 Å². The monoisotopic (exact) mass is 152 g/mol. The molecule has 0 aromatic rings. The molecule has 0 saturated heterocycles. The quantitative estimate of drug-likeness (QED) is 0.330. The van der Waals surface area contributed by atoms with E-state index in [1.165, 1.54) is 0 Å². The van der Waals surface area contributed by atoms with E-state index in [9.17, 15) is 0 Å². The molecule has 0 nitrogen and oxygen atoms in total. The Bertz CT molecular complexity index is 8.00. The van der Waals surface area contributed by atoms with Crippen molar-refractivity contribution in [3.05, 3.63) is 0 Å². The Morgan fingerprint density at radius 1 is 1.00 bits per heavy atom. The summed E-state index contributed by atoms with van der Waals surface area (Å²) in [7, 11) is 0. The molecule has 4 heteroatoms. The summed E-state index contributed by atoms with van der Waals surface area (Å²) in [5.74, 6) is 0. The summed E-state index contributed by atoms with van der Waals surface area (Å²) < 4.78 is 0. The van der Waals surface area contributed by atoms with E-state index in [2.05, 4.69) is 0 Å². The van der Waals surface area contributed by atoms with Crippen molar-refractivity contribution in [1.29, 1.82) is 0 Å². The first-order chi connectivity index (χ1) is 0. The van der Waals surface area contributed by atoms with Crippen molar-refractivity contribution in [1.82, 2.24) is 0 Å². The molecule has 0 fully saturated rings. The van der Waals surface area contributed by atoms with Crippen LogP contribution < -0.4 is 0 Å². The second kappa shape index (κ2) is 16.2. The molecule has 0 unspecified atom stereocenters. The van der Waals surface area contributed by atoms with Crippen LogP contribution in [0.2, 0.25) is 0 Å². The Morgan fingerprint density at radius 3 is 1.00 bits per heavy atom. The van der Waals surface area contributed by atoms with Crippen molar-refractivity contribution in [2.45, 2.75) is 0 Å². The maximum absolute atomic E-state index is 0. The van der Waals surface area contributed by atoms with E-state index in [4.69, 9.17) is 0 Å².